The molecule has 0 N–H and O–H groups in total. The van der Waals surface area contributed by atoms with Crippen molar-refractivity contribution in [2.75, 3.05) is 0 Å². The van der Waals surface area contributed by atoms with Crippen LogP contribution >= 0.6 is 0 Å². The molecule has 3 heterocycles. The third kappa shape index (κ3) is 3.15. The van der Waals surface area contributed by atoms with E-state index in [1.807, 2.05) is 42.6 Å². The van der Waals surface area contributed by atoms with E-state index in [2.05, 4.69) is 74.8 Å². The average molecular weight is 451 g/mol. The lowest BCUT2D eigenvalue weighted by atomic mass is 9.92. The van der Waals surface area contributed by atoms with Gasteiger partial charge in [0.15, 0.2) is 0 Å². The van der Waals surface area contributed by atoms with Crippen molar-refractivity contribution in [1.29, 1.82) is 0 Å². The first-order valence-electron chi connectivity index (χ1n) is 11.4. The van der Waals surface area contributed by atoms with Crippen molar-refractivity contribution in [2.24, 2.45) is 5.10 Å². The lowest BCUT2D eigenvalue weighted by molar-refractivity contribution is 0.887. The number of pyridine rings is 2. The summed E-state index contributed by atoms with van der Waals surface area (Å²) >= 11 is 0. The van der Waals surface area contributed by atoms with Crippen molar-refractivity contribution >= 4 is 38.5 Å². The zero-order valence-electron chi connectivity index (χ0n) is 18.6. The fourth-order valence-corrected chi connectivity index (χ4v) is 4.69. The topological polar surface area (TPSA) is 68.8 Å². The van der Waals surface area contributed by atoms with E-state index < -0.39 is 0 Å². The van der Waals surface area contributed by atoms with Crippen LogP contribution in [0.25, 0.3) is 55.4 Å². The van der Waals surface area contributed by atoms with Gasteiger partial charge in [-0.2, -0.15) is 9.78 Å². The molecule has 7 aromatic rings. The molecule has 6 heteroatoms. The van der Waals surface area contributed by atoms with Gasteiger partial charge >= 0.3 is 0 Å². The van der Waals surface area contributed by atoms with Gasteiger partial charge in [0.2, 0.25) is 11.6 Å². The quantitative estimate of drug-likeness (QED) is 0.237. The Morgan fingerprint density at radius 1 is 0.571 bits per heavy atom. The minimum Gasteiger partial charge on any atom is -0.253 e. The molecule has 0 fully saturated rings. The zero-order chi connectivity index (χ0) is 23.2. The smallest absolute Gasteiger partial charge is 0.203 e. The molecule has 0 atom stereocenters. The zero-order valence-corrected chi connectivity index (χ0v) is 18.6. The van der Waals surface area contributed by atoms with E-state index in [1.165, 1.54) is 26.9 Å². The number of aromatic nitrogens is 5. The molecule has 164 valence electrons. The van der Waals surface area contributed by atoms with Gasteiger partial charge in [-0.15, -0.1) is 10.2 Å². The molecule has 0 spiro atoms. The minimum atomic E-state index is 0.556. The Bertz CT molecular complexity index is 1770. The number of rotatable bonds is 4. The van der Waals surface area contributed by atoms with Gasteiger partial charge < -0.3 is 0 Å². The second-order valence-electron chi connectivity index (χ2n) is 8.34. The molecular weight excluding hydrogens is 432 g/mol. The maximum Gasteiger partial charge on any atom is 0.203 e. The molecule has 0 aliphatic heterocycles. The summed E-state index contributed by atoms with van der Waals surface area (Å²) in [5.74, 6) is 1.11. The molecule has 0 unspecified atom stereocenters. The Morgan fingerprint density at radius 2 is 1.17 bits per heavy atom. The molecule has 0 saturated heterocycles. The van der Waals surface area contributed by atoms with Gasteiger partial charge in [0.25, 0.3) is 0 Å². The molecule has 35 heavy (non-hydrogen) atoms. The van der Waals surface area contributed by atoms with Crippen LogP contribution in [0.15, 0.2) is 108 Å². The second kappa shape index (κ2) is 7.81. The fraction of sp³-hybridized carbons (Fsp3) is 0. The molecule has 3 aromatic heterocycles. The van der Waals surface area contributed by atoms with Gasteiger partial charge in [-0.3, -0.25) is 9.97 Å². The first kappa shape index (κ1) is 19.5. The summed E-state index contributed by atoms with van der Waals surface area (Å²) in [6.45, 7) is 0. The standard InChI is InChI=1S/C29H18N6/c1-3-16-30-24(8-1)28-33-34-29(25-9-2-4-17-31-25)35(28)32-18-22-13-12-21-11-10-19-6-5-7-20-14-15-23(22)27(21)26(19)20/h1-18H/b32-18+. The van der Waals surface area contributed by atoms with Gasteiger partial charge in [-0.05, 0) is 56.6 Å². The van der Waals surface area contributed by atoms with E-state index in [4.69, 9.17) is 5.10 Å². The number of benzene rings is 4. The third-order valence-corrected chi connectivity index (χ3v) is 6.30. The van der Waals surface area contributed by atoms with Crippen LogP contribution in [0.3, 0.4) is 0 Å². The highest BCUT2D eigenvalue weighted by Gasteiger charge is 2.17. The van der Waals surface area contributed by atoms with Crippen molar-refractivity contribution in [3.8, 4) is 23.0 Å². The van der Waals surface area contributed by atoms with Gasteiger partial charge in [0.1, 0.15) is 11.4 Å². The highest BCUT2D eigenvalue weighted by atomic mass is 15.5. The third-order valence-electron chi connectivity index (χ3n) is 6.30. The summed E-state index contributed by atoms with van der Waals surface area (Å²) in [5.41, 5.74) is 2.40. The van der Waals surface area contributed by atoms with E-state index in [1.54, 1.807) is 17.1 Å². The van der Waals surface area contributed by atoms with Gasteiger partial charge in [-0.1, -0.05) is 66.7 Å². The Kier molecular flexibility index (Phi) is 4.35. The molecule has 0 saturated carbocycles. The monoisotopic (exact) mass is 450 g/mol. The molecular formula is C29H18N6. The maximum atomic E-state index is 4.86. The summed E-state index contributed by atoms with van der Waals surface area (Å²) < 4.78 is 1.71. The highest BCUT2D eigenvalue weighted by molar-refractivity contribution is 6.25. The van der Waals surface area contributed by atoms with Crippen LogP contribution in [0, 0.1) is 0 Å². The minimum absolute atomic E-state index is 0.556. The van der Waals surface area contributed by atoms with Crippen LogP contribution in [0.2, 0.25) is 0 Å². The SMILES string of the molecule is C(=N\n1c(-c2ccccn2)nnc1-c1ccccn1)/c1ccc2ccc3cccc4ccc1c2c34. The van der Waals surface area contributed by atoms with Crippen LogP contribution in [0.5, 0.6) is 0 Å². The van der Waals surface area contributed by atoms with Crippen molar-refractivity contribution in [3.05, 3.63) is 109 Å². The normalized spacial score (nSPS) is 11.9. The van der Waals surface area contributed by atoms with Crippen molar-refractivity contribution < 1.29 is 0 Å². The van der Waals surface area contributed by atoms with E-state index in [-0.39, 0.29) is 0 Å². The predicted octanol–water partition coefficient (Wildman–Crippen LogP) is 6.18. The Balaban J connectivity index is 1.43. The summed E-state index contributed by atoms with van der Waals surface area (Å²) in [6, 6.07) is 30.8. The Hall–Kier alpha value is -4.97. The molecule has 4 aromatic carbocycles. The van der Waals surface area contributed by atoms with Crippen LogP contribution in [-0.2, 0) is 0 Å². The van der Waals surface area contributed by atoms with E-state index in [0.29, 0.717) is 23.0 Å². The van der Waals surface area contributed by atoms with Gasteiger partial charge in [-0.25, -0.2) is 0 Å². The number of nitrogens with zero attached hydrogens (tertiary/aromatic N) is 6. The van der Waals surface area contributed by atoms with E-state index in [0.717, 1.165) is 10.9 Å². The van der Waals surface area contributed by atoms with Gasteiger partial charge in [0, 0.05) is 18.0 Å². The van der Waals surface area contributed by atoms with Crippen LogP contribution in [0.1, 0.15) is 5.56 Å². The molecule has 0 bridgehead atoms. The van der Waals surface area contributed by atoms with E-state index >= 15 is 0 Å². The first-order chi connectivity index (χ1) is 17.4. The first-order valence-corrected chi connectivity index (χ1v) is 11.4. The Morgan fingerprint density at radius 3 is 1.80 bits per heavy atom. The molecule has 0 aliphatic carbocycles. The predicted molar refractivity (Wildman–Crippen MR) is 140 cm³/mol. The summed E-state index contributed by atoms with van der Waals surface area (Å²) in [6.07, 6.45) is 5.34. The average Bonchev–Trinajstić information content (AvgIpc) is 3.36. The highest BCUT2D eigenvalue weighted by Crippen LogP contribution is 2.35. The van der Waals surface area contributed by atoms with Crippen molar-refractivity contribution in [1.82, 2.24) is 24.8 Å². The molecule has 7 rings (SSSR count). The Labute approximate surface area is 200 Å². The second-order valence-corrected chi connectivity index (χ2v) is 8.34. The number of hydrogen-bond acceptors (Lipinski definition) is 5. The molecule has 6 nitrogen and oxygen atoms in total. The molecule has 0 radical (unpaired) electrons. The maximum absolute atomic E-state index is 4.86. The number of hydrogen-bond donors (Lipinski definition) is 0. The van der Waals surface area contributed by atoms with Crippen LogP contribution in [0.4, 0.5) is 0 Å². The molecule has 0 aliphatic rings. The van der Waals surface area contributed by atoms with E-state index in [9.17, 15) is 0 Å². The lowest BCUT2D eigenvalue weighted by Crippen LogP contribution is -2.00. The van der Waals surface area contributed by atoms with Crippen molar-refractivity contribution in [2.45, 2.75) is 0 Å². The summed E-state index contributed by atoms with van der Waals surface area (Å²) in [4.78, 5) is 8.92. The van der Waals surface area contributed by atoms with Crippen LogP contribution < -0.4 is 0 Å². The summed E-state index contributed by atoms with van der Waals surface area (Å²) in [7, 11) is 0. The van der Waals surface area contributed by atoms with Gasteiger partial charge in [0.05, 0.1) is 6.21 Å². The summed E-state index contributed by atoms with van der Waals surface area (Å²) in [5, 5.41) is 21.0. The largest absolute Gasteiger partial charge is 0.253 e. The molecule has 0 amide bonds. The van der Waals surface area contributed by atoms with Crippen molar-refractivity contribution in [3.63, 3.8) is 0 Å². The fourth-order valence-electron chi connectivity index (χ4n) is 4.69. The lowest BCUT2D eigenvalue weighted by Gasteiger charge is -2.12. The van der Waals surface area contributed by atoms with Crippen LogP contribution in [-0.4, -0.2) is 31.1 Å².